The molecule has 22 N–H and O–H groups in total. The summed E-state index contributed by atoms with van der Waals surface area (Å²) in [6, 6.07) is 0. The molecule has 0 aliphatic carbocycles. The largest absolute Gasteiger partial charge is 0.412 e. The molecule has 0 saturated carbocycles. The summed E-state index contributed by atoms with van der Waals surface area (Å²) in [4.78, 5) is 50.9. The molecule has 0 amide bonds. The molecule has 0 aliphatic rings. The molecule has 0 rings (SSSR count). The summed E-state index contributed by atoms with van der Waals surface area (Å²) in [5, 5.41) is 0. The Morgan fingerprint density at radius 1 is 0.310 bits per heavy atom. The molecular weight excluding hydrogens is 906 g/mol. The zero-order valence-electron chi connectivity index (χ0n) is 13.1. The van der Waals surface area contributed by atoms with Crippen molar-refractivity contribution in [3.63, 3.8) is 0 Å². The van der Waals surface area contributed by atoms with Crippen molar-refractivity contribution in [2.45, 2.75) is 12.8 Å². The SMILES string of the molecule is O.O.O.O.O.O.O.O.O[P+](O)(O)CCCC[P+](O)(O)O.[Cu].[Cu].[Cu].[Cu].[Cu].[Cu].[Cu].[Cu].[Cu]. The van der Waals surface area contributed by atoms with E-state index in [1.165, 1.54) is 0 Å². The van der Waals surface area contributed by atoms with Crippen LogP contribution in [0.15, 0.2) is 0 Å². The fourth-order valence-corrected chi connectivity index (χ4v) is 1.94. The van der Waals surface area contributed by atoms with Gasteiger partial charge in [0, 0.05) is 154 Å². The summed E-state index contributed by atoms with van der Waals surface area (Å²) in [6.45, 7) is 0. The molecule has 0 aromatic heterocycles. The third-order valence-electron chi connectivity index (χ3n) is 1.17. The standard InChI is InChI=1S/C4H14O6P2.9Cu.8H2O/c5-11(6,7)3-1-2-4-12(8,9)10;;;;;;;;;;;;;;;;;/h5-10H,1-4H2;;;;;;;;;;8*1H2/q+2;;;;;;;;;;;;;;;;;. The summed E-state index contributed by atoms with van der Waals surface area (Å²) >= 11 is 0. The van der Waals surface area contributed by atoms with Crippen molar-refractivity contribution in [1.29, 1.82) is 0 Å². The van der Waals surface area contributed by atoms with Gasteiger partial charge in [-0.25, -0.2) is 0 Å². The van der Waals surface area contributed by atoms with Crippen LogP contribution < -0.4 is 0 Å². The first-order valence-corrected chi connectivity index (χ1v) is 7.00. The molecule has 14 nitrogen and oxygen atoms in total. The quantitative estimate of drug-likeness (QED) is 0.0883. The van der Waals surface area contributed by atoms with Crippen molar-refractivity contribution in [3.05, 3.63) is 0 Å². The van der Waals surface area contributed by atoms with Crippen LogP contribution in [0.4, 0.5) is 0 Å². The van der Waals surface area contributed by atoms with Gasteiger partial charge >= 0.3 is 15.9 Å². The number of hydrogen-bond acceptors (Lipinski definition) is 6. The minimum Gasteiger partial charge on any atom is -0.412 e. The van der Waals surface area contributed by atoms with Crippen molar-refractivity contribution in [1.82, 2.24) is 0 Å². The Labute approximate surface area is 264 Å². The second kappa shape index (κ2) is 76.6. The maximum Gasteiger partial charge on any atom is 0.403 e. The predicted octanol–water partition coefficient (Wildman–Crippen LogP) is -7.37. The van der Waals surface area contributed by atoms with Crippen LogP contribution >= 0.6 is 15.9 Å². The van der Waals surface area contributed by atoms with Gasteiger partial charge in [-0.3, -0.25) is 0 Å². The van der Waals surface area contributed by atoms with Gasteiger partial charge in [-0.15, -0.1) is 0 Å². The zero-order chi connectivity index (χ0) is 9.83. The van der Waals surface area contributed by atoms with Crippen molar-refractivity contribution < 1.29 is 227 Å². The van der Waals surface area contributed by atoms with E-state index in [1.807, 2.05) is 0 Å². The van der Waals surface area contributed by atoms with E-state index in [9.17, 15) is 0 Å². The number of rotatable bonds is 5. The maximum absolute atomic E-state index is 8.49. The first kappa shape index (κ1) is 145. The minimum absolute atomic E-state index is 0. The Balaban J connectivity index is -0.00000000445. The van der Waals surface area contributed by atoms with E-state index < -0.39 is 15.9 Å². The molecule has 0 atom stereocenters. The first-order chi connectivity index (χ1) is 5.21. The molecule has 237 valence electrons. The van der Waals surface area contributed by atoms with Gasteiger partial charge in [0.2, 0.25) is 0 Å². The summed E-state index contributed by atoms with van der Waals surface area (Å²) in [6.07, 6.45) is 0.126. The third-order valence-corrected chi connectivity index (χ3v) is 3.00. The van der Waals surface area contributed by atoms with Crippen molar-refractivity contribution in [2.75, 3.05) is 12.3 Å². The van der Waals surface area contributed by atoms with Gasteiger partial charge in [-0.2, -0.15) is 29.4 Å². The summed E-state index contributed by atoms with van der Waals surface area (Å²) in [5.41, 5.74) is 0. The van der Waals surface area contributed by atoms with E-state index in [-0.39, 0.29) is 223 Å². The zero-order valence-corrected chi connectivity index (χ0v) is 23.4. The van der Waals surface area contributed by atoms with Gasteiger partial charge < -0.3 is 43.8 Å². The van der Waals surface area contributed by atoms with Crippen molar-refractivity contribution in [2.24, 2.45) is 0 Å². The van der Waals surface area contributed by atoms with Crippen LogP contribution in [0.1, 0.15) is 12.8 Å². The molecule has 29 heavy (non-hydrogen) atoms. The van der Waals surface area contributed by atoms with E-state index in [1.54, 1.807) is 0 Å². The fraction of sp³-hybridized carbons (Fsp3) is 1.00. The molecule has 0 fully saturated rings. The molecule has 0 aromatic rings. The monoisotopic (exact) mass is 930 g/mol. The van der Waals surface area contributed by atoms with Gasteiger partial charge in [-0.1, -0.05) is 0 Å². The van der Waals surface area contributed by atoms with Crippen LogP contribution in [-0.2, 0) is 154 Å². The van der Waals surface area contributed by atoms with E-state index >= 15 is 0 Å². The van der Waals surface area contributed by atoms with E-state index in [0.717, 1.165) is 0 Å². The van der Waals surface area contributed by atoms with Gasteiger partial charge in [0.15, 0.2) is 0 Å². The number of hydrogen-bond donors (Lipinski definition) is 6. The van der Waals surface area contributed by atoms with Gasteiger partial charge in [0.1, 0.15) is 12.3 Å². The Morgan fingerprint density at radius 3 is 0.483 bits per heavy atom. The van der Waals surface area contributed by atoms with E-state index in [4.69, 9.17) is 29.4 Å². The summed E-state index contributed by atoms with van der Waals surface area (Å²) in [5.74, 6) is 0. The van der Waals surface area contributed by atoms with Gasteiger partial charge in [-0.05, 0) is 12.8 Å². The number of unbranched alkanes of at least 4 members (excludes halogenated alkanes) is 1. The molecule has 0 aromatic carbocycles. The smallest absolute Gasteiger partial charge is 0.403 e. The summed E-state index contributed by atoms with van der Waals surface area (Å²) in [7, 11) is -7.46. The Hall–Kier alpha value is 4.98. The molecule has 0 heterocycles. The fourth-order valence-electron chi connectivity index (χ4n) is 0.648. The van der Waals surface area contributed by atoms with Crippen molar-refractivity contribution in [3.8, 4) is 0 Å². The average Bonchev–Trinajstić information content (AvgIpc) is 1.76. The Morgan fingerprint density at radius 2 is 0.414 bits per heavy atom. The van der Waals surface area contributed by atoms with Crippen LogP contribution in [-0.4, -0.2) is 85.5 Å². The molecule has 9 radical (unpaired) electrons. The van der Waals surface area contributed by atoms with E-state index in [0.29, 0.717) is 0 Å². The molecule has 0 bridgehead atoms. The predicted molar refractivity (Wildman–Crippen MR) is 75.0 cm³/mol. The van der Waals surface area contributed by atoms with Crippen LogP contribution in [0, 0.1) is 0 Å². The Kier molecular flexibility index (Phi) is 383. The van der Waals surface area contributed by atoms with Crippen LogP contribution in [0.25, 0.3) is 0 Å². The van der Waals surface area contributed by atoms with E-state index in [2.05, 4.69) is 0 Å². The van der Waals surface area contributed by atoms with Crippen LogP contribution in [0.3, 0.4) is 0 Å². The minimum atomic E-state index is -3.73. The second-order valence-electron chi connectivity index (χ2n) is 2.54. The van der Waals surface area contributed by atoms with Crippen molar-refractivity contribution >= 4 is 15.9 Å². The normalized spacial score (nSPS) is 5.59. The Bertz CT molecular complexity index is 142. The molecule has 0 saturated heterocycles. The third kappa shape index (κ3) is 162. The topological polar surface area (TPSA) is 373 Å². The van der Waals surface area contributed by atoms with Crippen LogP contribution in [0.2, 0.25) is 0 Å². The molecule has 0 spiro atoms. The average molecular weight is 936 g/mol. The van der Waals surface area contributed by atoms with Crippen LogP contribution in [0.5, 0.6) is 0 Å². The molecular formula is C4H30Cu9O14P2+2. The maximum atomic E-state index is 8.49. The molecule has 0 aliphatic heterocycles. The molecule has 25 heteroatoms. The second-order valence-corrected chi connectivity index (χ2v) is 6.20. The molecule has 0 unspecified atom stereocenters. The first-order valence-electron chi connectivity index (χ1n) is 3.33. The van der Waals surface area contributed by atoms with Gasteiger partial charge in [0.05, 0.1) is 0 Å². The summed E-state index contributed by atoms with van der Waals surface area (Å²) < 4.78 is 0. The van der Waals surface area contributed by atoms with Gasteiger partial charge in [0.25, 0.3) is 0 Å².